The third kappa shape index (κ3) is 5.32. The standard InChI is InChI=1S/C18H20Cl2N2O2/c1-4-23-18-9-13(5-8-17(18)24-12(2)3)11-21-22-14-6-7-15(19)16(20)10-14/h5-12,22H,4H2,1-3H3. The maximum atomic E-state index is 5.97. The maximum absolute atomic E-state index is 5.97. The number of hydrogen-bond acceptors (Lipinski definition) is 4. The summed E-state index contributed by atoms with van der Waals surface area (Å²) in [6, 6.07) is 10.9. The highest BCUT2D eigenvalue weighted by Crippen LogP contribution is 2.29. The van der Waals surface area contributed by atoms with E-state index < -0.39 is 0 Å². The highest BCUT2D eigenvalue weighted by molar-refractivity contribution is 6.42. The summed E-state index contributed by atoms with van der Waals surface area (Å²) in [6.07, 6.45) is 1.78. The van der Waals surface area contributed by atoms with E-state index in [1.54, 1.807) is 24.4 Å². The summed E-state index contributed by atoms with van der Waals surface area (Å²) in [6.45, 7) is 6.46. The summed E-state index contributed by atoms with van der Waals surface area (Å²) in [5.41, 5.74) is 4.56. The summed E-state index contributed by atoms with van der Waals surface area (Å²) >= 11 is 11.9. The van der Waals surface area contributed by atoms with Crippen molar-refractivity contribution in [3.63, 3.8) is 0 Å². The highest BCUT2D eigenvalue weighted by Gasteiger charge is 2.07. The van der Waals surface area contributed by atoms with Gasteiger partial charge in [-0.1, -0.05) is 23.2 Å². The van der Waals surface area contributed by atoms with Crippen LogP contribution >= 0.6 is 23.2 Å². The van der Waals surface area contributed by atoms with Crippen LogP contribution in [0.2, 0.25) is 10.0 Å². The first kappa shape index (κ1) is 18.4. The number of hydrazone groups is 1. The lowest BCUT2D eigenvalue weighted by Crippen LogP contribution is -2.07. The van der Waals surface area contributed by atoms with E-state index in [9.17, 15) is 0 Å². The Kier molecular flexibility index (Phi) is 6.76. The van der Waals surface area contributed by atoms with Gasteiger partial charge in [0.15, 0.2) is 11.5 Å². The molecule has 0 aromatic heterocycles. The molecule has 0 fully saturated rings. The van der Waals surface area contributed by atoms with Crippen LogP contribution in [0.25, 0.3) is 0 Å². The van der Waals surface area contributed by atoms with Crippen LogP contribution in [0.1, 0.15) is 26.3 Å². The highest BCUT2D eigenvalue weighted by atomic mass is 35.5. The molecule has 2 aromatic carbocycles. The number of nitrogens with one attached hydrogen (secondary N) is 1. The van der Waals surface area contributed by atoms with Crippen LogP contribution in [0.5, 0.6) is 11.5 Å². The zero-order valence-electron chi connectivity index (χ0n) is 13.8. The van der Waals surface area contributed by atoms with E-state index in [1.807, 2.05) is 39.0 Å². The molecule has 2 rings (SSSR count). The van der Waals surface area contributed by atoms with Crippen LogP contribution in [0.3, 0.4) is 0 Å². The Morgan fingerprint density at radius 1 is 1.08 bits per heavy atom. The van der Waals surface area contributed by atoms with Crippen molar-refractivity contribution in [1.82, 2.24) is 0 Å². The monoisotopic (exact) mass is 366 g/mol. The molecule has 0 amide bonds. The first-order valence-corrected chi connectivity index (χ1v) is 8.42. The van der Waals surface area contributed by atoms with Gasteiger partial charge in [-0.15, -0.1) is 0 Å². The van der Waals surface area contributed by atoms with Gasteiger partial charge in [0, 0.05) is 0 Å². The molecule has 0 saturated heterocycles. The van der Waals surface area contributed by atoms with Crippen molar-refractivity contribution in [1.29, 1.82) is 0 Å². The lowest BCUT2D eigenvalue weighted by Gasteiger charge is -2.14. The van der Waals surface area contributed by atoms with Crippen LogP contribution in [0.15, 0.2) is 41.5 Å². The second-order valence-corrected chi connectivity index (χ2v) is 6.12. The van der Waals surface area contributed by atoms with Crippen LogP contribution in [0.4, 0.5) is 5.69 Å². The van der Waals surface area contributed by atoms with Gasteiger partial charge in [-0.2, -0.15) is 5.10 Å². The molecule has 0 unspecified atom stereocenters. The van der Waals surface area contributed by atoms with Gasteiger partial charge in [0.1, 0.15) is 0 Å². The first-order valence-electron chi connectivity index (χ1n) is 7.67. The fourth-order valence-electron chi connectivity index (χ4n) is 1.97. The molecule has 0 atom stereocenters. The molecule has 0 aliphatic heterocycles. The van der Waals surface area contributed by atoms with E-state index in [0.717, 1.165) is 17.0 Å². The van der Waals surface area contributed by atoms with Crippen LogP contribution in [0, 0.1) is 0 Å². The molecule has 0 spiro atoms. The lowest BCUT2D eigenvalue weighted by atomic mass is 10.2. The number of anilines is 1. The van der Waals surface area contributed by atoms with E-state index in [-0.39, 0.29) is 6.10 Å². The van der Waals surface area contributed by atoms with Gasteiger partial charge in [-0.3, -0.25) is 5.43 Å². The Hall–Kier alpha value is -1.91. The van der Waals surface area contributed by atoms with Crippen molar-refractivity contribution in [2.24, 2.45) is 5.10 Å². The number of rotatable bonds is 7. The molecule has 24 heavy (non-hydrogen) atoms. The summed E-state index contributed by atoms with van der Waals surface area (Å²) < 4.78 is 11.4. The molecule has 0 aliphatic rings. The Balaban J connectivity index is 2.10. The topological polar surface area (TPSA) is 42.8 Å². The second-order valence-electron chi connectivity index (χ2n) is 5.30. The molecule has 0 heterocycles. The number of nitrogens with zero attached hydrogens (tertiary/aromatic N) is 1. The largest absolute Gasteiger partial charge is 0.490 e. The van der Waals surface area contributed by atoms with Gasteiger partial charge < -0.3 is 9.47 Å². The third-order valence-corrected chi connectivity index (χ3v) is 3.70. The normalized spacial score (nSPS) is 11.1. The van der Waals surface area contributed by atoms with Crippen LogP contribution < -0.4 is 14.9 Å². The number of hydrogen-bond donors (Lipinski definition) is 1. The van der Waals surface area contributed by atoms with Crippen LogP contribution in [-0.2, 0) is 0 Å². The van der Waals surface area contributed by atoms with Crippen molar-refractivity contribution in [2.75, 3.05) is 12.0 Å². The van der Waals surface area contributed by atoms with Crippen molar-refractivity contribution in [3.05, 3.63) is 52.0 Å². The van der Waals surface area contributed by atoms with Crippen molar-refractivity contribution in [2.45, 2.75) is 26.9 Å². The number of halogens is 2. The third-order valence-electron chi connectivity index (χ3n) is 2.96. The predicted molar refractivity (Wildman–Crippen MR) is 101 cm³/mol. The minimum Gasteiger partial charge on any atom is -0.490 e. The molecule has 0 radical (unpaired) electrons. The van der Waals surface area contributed by atoms with E-state index in [2.05, 4.69) is 10.5 Å². The summed E-state index contributed by atoms with van der Waals surface area (Å²) in [5, 5.41) is 5.19. The zero-order chi connectivity index (χ0) is 17.5. The van der Waals surface area contributed by atoms with E-state index in [1.165, 1.54) is 0 Å². The summed E-state index contributed by atoms with van der Waals surface area (Å²) in [4.78, 5) is 0. The summed E-state index contributed by atoms with van der Waals surface area (Å²) in [5.74, 6) is 1.42. The van der Waals surface area contributed by atoms with Gasteiger partial charge in [0.25, 0.3) is 0 Å². The van der Waals surface area contributed by atoms with Gasteiger partial charge in [0.2, 0.25) is 0 Å². The molecule has 0 saturated carbocycles. The Bertz CT molecular complexity index is 718. The average Bonchev–Trinajstić information content (AvgIpc) is 2.53. The lowest BCUT2D eigenvalue weighted by molar-refractivity contribution is 0.224. The van der Waals surface area contributed by atoms with E-state index >= 15 is 0 Å². The van der Waals surface area contributed by atoms with Gasteiger partial charge in [-0.25, -0.2) is 0 Å². The van der Waals surface area contributed by atoms with Crippen LogP contribution in [-0.4, -0.2) is 18.9 Å². The number of benzene rings is 2. The molecular weight excluding hydrogens is 347 g/mol. The second kappa shape index (κ2) is 8.81. The molecule has 0 bridgehead atoms. The smallest absolute Gasteiger partial charge is 0.161 e. The molecule has 6 heteroatoms. The zero-order valence-corrected chi connectivity index (χ0v) is 15.4. The molecule has 1 N–H and O–H groups in total. The summed E-state index contributed by atoms with van der Waals surface area (Å²) in [7, 11) is 0. The van der Waals surface area contributed by atoms with E-state index in [4.69, 9.17) is 32.7 Å². The van der Waals surface area contributed by atoms with Gasteiger partial charge in [-0.05, 0) is 62.7 Å². The average molecular weight is 367 g/mol. The van der Waals surface area contributed by atoms with E-state index in [0.29, 0.717) is 22.4 Å². The SMILES string of the molecule is CCOc1cc(C=NNc2ccc(Cl)c(Cl)c2)ccc1OC(C)C. The molecular formula is C18H20Cl2N2O2. The van der Waals surface area contributed by atoms with Gasteiger partial charge >= 0.3 is 0 Å². The Morgan fingerprint density at radius 3 is 2.54 bits per heavy atom. The Morgan fingerprint density at radius 2 is 1.88 bits per heavy atom. The minimum absolute atomic E-state index is 0.0834. The van der Waals surface area contributed by atoms with Crippen molar-refractivity contribution < 1.29 is 9.47 Å². The fourth-order valence-corrected chi connectivity index (χ4v) is 2.27. The molecule has 4 nitrogen and oxygen atoms in total. The van der Waals surface area contributed by atoms with Crippen molar-refractivity contribution >= 4 is 35.1 Å². The predicted octanol–water partition coefficient (Wildman–Crippen LogP) is 5.63. The van der Waals surface area contributed by atoms with Crippen molar-refractivity contribution in [3.8, 4) is 11.5 Å². The van der Waals surface area contributed by atoms with Gasteiger partial charge in [0.05, 0.1) is 34.7 Å². The quantitative estimate of drug-likeness (QED) is 0.510. The first-order chi connectivity index (χ1) is 11.5. The molecule has 2 aromatic rings. The number of ether oxygens (including phenoxy) is 2. The minimum atomic E-state index is 0.0834. The maximum Gasteiger partial charge on any atom is 0.161 e. The fraction of sp³-hybridized carbons (Fsp3) is 0.278. The Labute approximate surface area is 152 Å². The molecule has 128 valence electrons. The molecule has 0 aliphatic carbocycles.